The van der Waals surface area contributed by atoms with E-state index in [1.807, 2.05) is 36.0 Å². The first-order chi connectivity index (χ1) is 15.5. The molecule has 0 bridgehead atoms. The van der Waals surface area contributed by atoms with Crippen LogP contribution in [0.2, 0.25) is 0 Å². The summed E-state index contributed by atoms with van der Waals surface area (Å²) in [5.74, 6) is 1.08. The van der Waals surface area contributed by atoms with Gasteiger partial charge in [-0.25, -0.2) is 9.67 Å². The predicted octanol–water partition coefficient (Wildman–Crippen LogP) is 5.02. The number of ether oxygens (including phenoxy) is 3. The third-order valence-electron chi connectivity index (χ3n) is 5.00. The Morgan fingerprint density at radius 3 is 2.38 bits per heavy atom. The van der Waals surface area contributed by atoms with E-state index in [0.29, 0.717) is 39.5 Å². The second-order valence-corrected chi connectivity index (χ2v) is 8.27. The van der Waals surface area contributed by atoms with Crippen molar-refractivity contribution in [1.29, 1.82) is 0 Å². The SMILES string of the molecule is COc1cc(NC(=O)c2cc(-c3cccs3)nc3c2cnn3C(C)C)cc(OC)c1OC. The molecular formula is C23H24N4O4S. The fourth-order valence-electron chi connectivity index (χ4n) is 3.49. The number of fused-ring (bicyclic) bond motifs is 1. The van der Waals surface area contributed by atoms with Gasteiger partial charge >= 0.3 is 0 Å². The highest BCUT2D eigenvalue weighted by Crippen LogP contribution is 2.40. The minimum Gasteiger partial charge on any atom is -0.493 e. The fourth-order valence-corrected chi connectivity index (χ4v) is 4.17. The quantitative estimate of drug-likeness (QED) is 0.424. The summed E-state index contributed by atoms with van der Waals surface area (Å²) in [6.45, 7) is 4.06. The van der Waals surface area contributed by atoms with Crippen LogP contribution >= 0.6 is 11.3 Å². The number of pyridine rings is 1. The molecule has 0 radical (unpaired) electrons. The largest absolute Gasteiger partial charge is 0.493 e. The molecule has 0 atom stereocenters. The molecule has 4 rings (SSSR count). The Labute approximate surface area is 189 Å². The minimum atomic E-state index is -0.284. The third kappa shape index (κ3) is 3.87. The third-order valence-corrected chi connectivity index (χ3v) is 5.89. The summed E-state index contributed by atoms with van der Waals surface area (Å²) in [6, 6.07) is 9.22. The Morgan fingerprint density at radius 1 is 1.09 bits per heavy atom. The first kappa shape index (κ1) is 21.6. The van der Waals surface area contributed by atoms with Gasteiger partial charge in [-0.15, -0.1) is 11.3 Å². The lowest BCUT2D eigenvalue weighted by atomic mass is 10.1. The van der Waals surface area contributed by atoms with Gasteiger partial charge in [0.05, 0.1) is 49.0 Å². The summed E-state index contributed by atoms with van der Waals surface area (Å²) >= 11 is 1.57. The molecule has 0 aliphatic rings. The molecule has 3 heterocycles. The molecule has 3 aromatic heterocycles. The molecule has 1 amide bonds. The summed E-state index contributed by atoms with van der Waals surface area (Å²) in [6.07, 6.45) is 1.69. The maximum atomic E-state index is 13.4. The van der Waals surface area contributed by atoms with Crippen LogP contribution in [0.4, 0.5) is 5.69 Å². The van der Waals surface area contributed by atoms with E-state index in [0.717, 1.165) is 10.6 Å². The van der Waals surface area contributed by atoms with Gasteiger partial charge < -0.3 is 19.5 Å². The monoisotopic (exact) mass is 452 g/mol. The highest BCUT2D eigenvalue weighted by molar-refractivity contribution is 7.13. The highest BCUT2D eigenvalue weighted by Gasteiger charge is 2.20. The zero-order chi connectivity index (χ0) is 22.8. The van der Waals surface area contributed by atoms with Crippen molar-refractivity contribution >= 4 is 34.0 Å². The molecule has 0 unspecified atom stereocenters. The average molecular weight is 453 g/mol. The molecule has 32 heavy (non-hydrogen) atoms. The number of carbonyl (C=O) groups is 1. The molecule has 0 aliphatic heterocycles. The van der Waals surface area contributed by atoms with E-state index in [2.05, 4.69) is 10.4 Å². The second kappa shape index (κ2) is 8.88. The normalized spacial score (nSPS) is 11.1. The molecule has 0 spiro atoms. The number of thiophene rings is 1. The summed E-state index contributed by atoms with van der Waals surface area (Å²) < 4.78 is 18.0. The Hall–Kier alpha value is -3.59. The topological polar surface area (TPSA) is 87.5 Å². The summed E-state index contributed by atoms with van der Waals surface area (Å²) in [7, 11) is 4.59. The van der Waals surface area contributed by atoms with Crippen molar-refractivity contribution in [3.8, 4) is 27.8 Å². The van der Waals surface area contributed by atoms with Gasteiger partial charge in [0.2, 0.25) is 5.75 Å². The number of hydrogen-bond acceptors (Lipinski definition) is 7. The number of anilines is 1. The van der Waals surface area contributed by atoms with E-state index in [9.17, 15) is 4.79 Å². The Balaban J connectivity index is 1.80. The number of carbonyl (C=O) groups excluding carboxylic acids is 1. The van der Waals surface area contributed by atoms with E-state index in [1.165, 1.54) is 21.3 Å². The molecule has 0 saturated heterocycles. The standard InChI is InChI=1S/C23H24N4O4S/c1-13(2)27-22-16(12-24-27)15(11-17(26-22)20-7-6-8-32-20)23(28)25-14-9-18(29-3)21(31-5)19(10-14)30-4/h6-13H,1-5H3,(H,25,28). The van der Waals surface area contributed by atoms with Crippen molar-refractivity contribution in [3.05, 3.63) is 47.5 Å². The Bertz CT molecular complexity index is 1240. The minimum absolute atomic E-state index is 0.101. The molecule has 1 aromatic carbocycles. The summed E-state index contributed by atoms with van der Waals surface area (Å²) in [5.41, 5.74) is 2.40. The van der Waals surface area contributed by atoms with Gasteiger partial charge in [0.1, 0.15) is 0 Å². The number of amides is 1. The lowest BCUT2D eigenvalue weighted by Crippen LogP contribution is -2.14. The molecular weight excluding hydrogens is 428 g/mol. The van der Waals surface area contributed by atoms with Crippen LogP contribution in [-0.2, 0) is 0 Å². The summed E-state index contributed by atoms with van der Waals surface area (Å²) in [4.78, 5) is 19.2. The van der Waals surface area contributed by atoms with Crippen molar-refractivity contribution in [2.45, 2.75) is 19.9 Å². The van der Waals surface area contributed by atoms with Crippen LogP contribution in [0.3, 0.4) is 0 Å². The van der Waals surface area contributed by atoms with Crippen LogP contribution in [0, 0.1) is 0 Å². The first-order valence-corrected chi connectivity index (χ1v) is 10.9. The van der Waals surface area contributed by atoms with Crippen LogP contribution < -0.4 is 19.5 Å². The second-order valence-electron chi connectivity index (χ2n) is 7.32. The number of aromatic nitrogens is 3. The maximum absolute atomic E-state index is 13.4. The fraction of sp³-hybridized carbons (Fsp3) is 0.261. The van der Waals surface area contributed by atoms with Crippen LogP contribution in [0.5, 0.6) is 17.2 Å². The Kier molecular flexibility index (Phi) is 6.00. The smallest absolute Gasteiger partial charge is 0.256 e. The van der Waals surface area contributed by atoms with Crippen molar-refractivity contribution in [3.63, 3.8) is 0 Å². The van der Waals surface area contributed by atoms with E-state index >= 15 is 0 Å². The first-order valence-electron chi connectivity index (χ1n) is 10.00. The number of methoxy groups -OCH3 is 3. The van der Waals surface area contributed by atoms with Gasteiger partial charge in [0, 0.05) is 23.9 Å². The number of rotatable bonds is 7. The maximum Gasteiger partial charge on any atom is 0.256 e. The van der Waals surface area contributed by atoms with Gasteiger partial charge in [-0.1, -0.05) is 6.07 Å². The molecule has 0 fully saturated rings. The molecule has 4 aromatic rings. The van der Waals surface area contributed by atoms with E-state index < -0.39 is 0 Å². The van der Waals surface area contributed by atoms with Crippen LogP contribution in [0.15, 0.2) is 41.9 Å². The van der Waals surface area contributed by atoms with Gasteiger partial charge in [-0.2, -0.15) is 5.10 Å². The number of nitrogens with one attached hydrogen (secondary N) is 1. The molecule has 0 saturated carbocycles. The lowest BCUT2D eigenvalue weighted by Gasteiger charge is -2.15. The number of benzene rings is 1. The Morgan fingerprint density at radius 2 is 1.81 bits per heavy atom. The van der Waals surface area contributed by atoms with Crippen molar-refractivity contribution in [2.75, 3.05) is 26.6 Å². The zero-order valence-electron chi connectivity index (χ0n) is 18.5. The molecule has 166 valence electrons. The lowest BCUT2D eigenvalue weighted by molar-refractivity contribution is 0.102. The van der Waals surface area contributed by atoms with Gasteiger partial charge in [-0.3, -0.25) is 4.79 Å². The van der Waals surface area contributed by atoms with Gasteiger partial charge in [0.15, 0.2) is 17.1 Å². The van der Waals surface area contributed by atoms with Gasteiger partial charge in [0.25, 0.3) is 5.91 Å². The van der Waals surface area contributed by atoms with E-state index in [1.54, 1.807) is 35.7 Å². The number of hydrogen-bond donors (Lipinski definition) is 1. The summed E-state index contributed by atoms with van der Waals surface area (Å²) in [5, 5.41) is 10.1. The van der Waals surface area contributed by atoms with Gasteiger partial charge in [-0.05, 0) is 31.4 Å². The molecule has 1 N–H and O–H groups in total. The number of nitrogens with zero attached hydrogens (tertiary/aromatic N) is 3. The van der Waals surface area contributed by atoms with Crippen molar-refractivity contribution in [1.82, 2.24) is 14.8 Å². The van der Waals surface area contributed by atoms with Crippen LogP contribution in [0.25, 0.3) is 21.6 Å². The molecule has 8 nitrogen and oxygen atoms in total. The zero-order valence-corrected chi connectivity index (χ0v) is 19.3. The van der Waals surface area contributed by atoms with Crippen molar-refractivity contribution < 1.29 is 19.0 Å². The highest BCUT2D eigenvalue weighted by atomic mass is 32.1. The van der Waals surface area contributed by atoms with Crippen LogP contribution in [0.1, 0.15) is 30.2 Å². The average Bonchev–Trinajstić information content (AvgIpc) is 3.47. The van der Waals surface area contributed by atoms with E-state index in [4.69, 9.17) is 19.2 Å². The molecule has 9 heteroatoms. The predicted molar refractivity (Wildman–Crippen MR) is 125 cm³/mol. The van der Waals surface area contributed by atoms with Crippen LogP contribution in [-0.4, -0.2) is 42.0 Å². The molecule has 0 aliphatic carbocycles. The van der Waals surface area contributed by atoms with Crippen molar-refractivity contribution in [2.24, 2.45) is 0 Å². The van der Waals surface area contributed by atoms with E-state index in [-0.39, 0.29) is 11.9 Å².